The van der Waals surface area contributed by atoms with Crippen molar-refractivity contribution in [3.05, 3.63) is 54.6 Å². The van der Waals surface area contributed by atoms with E-state index in [1.165, 1.54) is 11.1 Å². The highest BCUT2D eigenvalue weighted by molar-refractivity contribution is 5.98. The van der Waals surface area contributed by atoms with Crippen LogP contribution in [0.1, 0.15) is 24.8 Å². The molecule has 0 heterocycles. The number of allylic oxidation sites excluding steroid dienone is 3. The first-order chi connectivity index (χ1) is 7.81. The zero-order valence-electron chi connectivity index (χ0n) is 9.36. The molecule has 0 bridgehead atoms. The number of carbonyl (C=O) groups excluding carboxylic acids is 1. The Balaban J connectivity index is 2.34. The van der Waals surface area contributed by atoms with E-state index in [-0.39, 0.29) is 5.78 Å². The summed E-state index contributed by atoms with van der Waals surface area (Å²) in [6, 6.07) is 10.2. The lowest BCUT2D eigenvalue weighted by atomic mass is 9.81. The van der Waals surface area contributed by atoms with Crippen LogP contribution in [0.5, 0.6) is 0 Å². The summed E-state index contributed by atoms with van der Waals surface area (Å²) >= 11 is 0. The van der Waals surface area contributed by atoms with Crippen LogP contribution in [0.2, 0.25) is 0 Å². The highest BCUT2D eigenvalue weighted by Crippen LogP contribution is 2.33. The van der Waals surface area contributed by atoms with E-state index in [1.54, 1.807) is 0 Å². The standard InChI is InChI=1S/C15H16O/c1-2-6-12-9-10-14(16)11-15(12)13-7-4-3-5-8-13/h2-5,7-8,11-12H,1,6,9-10H2. The third-order valence-corrected chi connectivity index (χ3v) is 3.05. The Morgan fingerprint density at radius 1 is 1.31 bits per heavy atom. The van der Waals surface area contributed by atoms with Crippen LogP contribution in [0, 0.1) is 5.92 Å². The smallest absolute Gasteiger partial charge is 0.156 e. The molecule has 1 nitrogen and oxygen atoms in total. The van der Waals surface area contributed by atoms with Gasteiger partial charge in [0, 0.05) is 6.42 Å². The third-order valence-electron chi connectivity index (χ3n) is 3.05. The first-order valence-corrected chi connectivity index (χ1v) is 5.72. The van der Waals surface area contributed by atoms with Gasteiger partial charge in [-0.15, -0.1) is 6.58 Å². The lowest BCUT2D eigenvalue weighted by molar-refractivity contribution is -0.115. The van der Waals surface area contributed by atoms with Gasteiger partial charge in [-0.3, -0.25) is 4.79 Å². The number of ketones is 1. The Morgan fingerprint density at radius 2 is 2.06 bits per heavy atom. The Labute approximate surface area is 96.5 Å². The third kappa shape index (κ3) is 2.30. The van der Waals surface area contributed by atoms with Crippen molar-refractivity contribution in [3.63, 3.8) is 0 Å². The molecule has 0 N–H and O–H groups in total. The van der Waals surface area contributed by atoms with E-state index in [2.05, 4.69) is 18.7 Å². The molecule has 1 unspecified atom stereocenters. The van der Waals surface area contributed by atoms with Gasteiger partial charge in [-0.25, -0.2) is 0 Å². The predicted molar refractivity (Wildman–Crippen MR) is 67.0 cm³/mol. The normalized spacial score (nSPS) is 20.4. The maximum absolute atomic E-state index is 11.5. The highest BCUT2D eigenvalue weighted by Gasteiger charge is 2.21. The fraction of sp³-hybridized carbons (Fsp3) is 0.267. The molecule has 1 aromatic carbocycles. The largest absolute Gasteiger partial charge is 0.295 e. The average molecular weight is 212 g/mol. The molecule has 1 heteroatoms. The molecule has 0 saturated heterocycles. The molecule has 1 aromatic rings. The molecule has 0 aromatic heterocycles. The first kappa shape index (κ1) is 10.9. The Hall–Kier alpha value is -1.63. The van der Waals surface area contributed by atoms with Crippen molar-refractivity contribution in [2.45, 2.75) is 19.3 Å². The maximum Gasteiger partial charge on any atom is 0.156 e. The second-order valence-corrected chi connectivity index (χ2v) is 4.19. The van der Waals surface area contributed by atoms with Crippen molar-refractivity contribution in [3.8, 4) is 0 Å². The second kappa shape index (κ2) is 4.93. The Bertz CT molecular complexity index is 414. The zero-order valence-corrected chi connectivity index (χ0v) is 9.36. The minimum absolute atomic E-state index is 0.249. The fourth-order valence-electron chi connectivity index (χ4n) is 2.23. The summed E-state index contributed by atoms with van der Waals surface area (Å²) in [5.41, 5.74) is 2.35. The summed E-state index contributed by atoms with van der Waals surface area (Å²) in [5.74, 6) is 0.705. The molecule has 1 atom stereocenters. The molecule has 0 radical (unpaired) electrons. The number of hydrogen-bond donors (Lipinski definition) is 0. The quantitative estimate of drug-likeness (QED) is 0.699. The molecule has 1 aliphatic rings. The lowest BCUT2D eigenvalue weighted by Crippen LogP contribution is -2.12. The van der Waals surface area contributed by atoms with Crippen LogP contribution in [-0.2, 0) is 4.79 Å². The highest BCUT2D eigenvalue weighted by atomic mass is 16.1. The summed E-state index contributed by atoms with van der Waals surface area (Å²) < 4.78 is 0. The summed E-state index contributed by atoms with van der Waals surface area (Å²) in [4.78, 5) is 11.5. The molecule has 1 aliphatic carbocycles. The van der Waals surface area contributed by atoms with Gasteiger partial charge in [0.2, 0.25) is 0 Å². The molecule has 2 rings (SSSR count). The van der Waals surface area contributed by atoms with Gasteiger partial charge < -0.3 is 0 Å². The van der Waals surface area contributed by atoms with Crippen molar-refractivity contribution in [1.82, 2.24) is 0 Å². The minimum atomic E-state index is 0.249. The van der Waals surface area contributed by atoms with E-state index in [4.69, 9.17) is 0 Å². The summed E-state index contributed by atoms with van der Waals surface area (Å²) in [6.45, 7) is 3.79. The van der Waals surface area contributed by atoms with Crippen LogP contribution in [0.3, 0.4) is 0 Å². The second-order valence-electron chi connectivity index (χ2n) is 4.19. The number of carbonyl (C=O) groups is 1. The number of hydrogen-bond acceptors (Lipinski definition) is 1. The van der Waals surface area contributed by atoms with Crippen LogP contribution in [-0.4, -0.2) is 5.78 Å². The van der Waals surface area contributed by atoms with Crippen molar-refractivity contribution in [2.75, 3.05) is 0 Å². The molecule has 0 amide bonds. The van der Waals surface area contributed by atoms with Gasteiger partial charge in [0.15, 0.2) is 5.78 Å². The van der Waals surface area contributed by atoms with Crippen LogP contribution >= 0.6 is 0 Å². The van der Waals surface area contributed by atoms with E-state index >= 15 is 0 Å². The summed E-state index contributed by atoms with van der Waals surface area (Å²) in [7, 11) is 0. The average Bonchev–Trinajstić information content (AvgIpc) is 2.33. The Morgan fingerprint density at radius 3 is 2.75 bits per heavy atom. The molecule has 0 aliphatic heterocycles. The van der Waals surface area contributed by atoms with Crippen LogP contribution in [0.25, 0.3) is 5.57 Å². The van der Waals surface area contributed by atoms with Gasteiger partial charge >= 0.3 is 0 Å². The molecule has 0 fully saturated rings. The first-order valence-electron chi connectivity index (χ1n) is 5.72. The zero-order chi connectivity index (χ0) is 11.4. The monoisotopic (exact) mass is 212 g/mol. The van der Waals surface area contributed by atoms with Gasteiger partial charge in [0.1, 0.15) is 0 Å². The van der Waals surface area contributed by atoms with E-state index in [0.29, 0.717) is 12.3 Å². The molecule has 0 saturated carbocycles. The molecular formula is C15H16O. The van der Waals surface area contributed by atoms with Gasteiger partial charge in [0.05, 0.1) is 0 Å². The Kier molecular flexibility index (Phi) is 3.35. The van der Waals surface area contributed by atoms with Gasteiger partial charge in [0.25, 0.3) is 0 Å². The number of benzene rings is 1. The van der Waals surface area contributed by atoms with E-state index < -0.39 is 0 Å². The van der Waals surface area contributed by atoms with Crippen LogP contribution in [0.15, 0.2) is 49.1 Å². The van der Waals surface area contributed by atoms with E-state index in [9.17, 15) is 4.79 Å². The predicted octanol–water partition coefficient (Wildman–Crippen LogP) is 3.63. The fourth-order valence-corrected chi connectivity index (χ4v) is 2.23. The van der Waals surface area contributed by atoms with Gasteiger partial charge in [-0.1, -0.05) is 36.4 Å². The SMILES string of the molecule is C=CCC1CCC(=O)C=C1c1ccccc1. The van der Waals surface area contributed by atoms with Crippen molar-refractivity contribution in [1.29, 1.82) is 0 Å². The topological polar surface area (TPSA) is 17.1 Å². The molecule has 16 heavy (non-hydrogen) atoms. The van der Waals surface area contributed by atoms with Crippen LogP contribution < -0.4 is 0 Å². The van der Waals surface area contributed by atoms with Gasteiger partial charge in [-0.2, -0.15) is 0 Å². The van der Waals surface area contributed by atoms with Gasteiger partial charge in [-0.05, 0) is 36.0 Å². The van der Waals surface area contributed by atoms with Crippen LogP contribution in [0.4, 0.5) is 0 Å². The lowest BCUT2D eigenvalue weighted by Gasteiger charge is -2.22. The van der Waals surface area contributed by atoms with E-state index in [1.807, 2.05) is 30.4 Å². The number of rotatable bonds is 3. The molecular weight excluding hydrogens is 196 g/mol. The van der Waals surface area contributed by atoms with Crippen molar-refractivity contribution < 1.29 is 4.79 Å². The van der Waals surface area contributed by atoms with E-state index in [0.717, 1.165) is 12.8 Å². The minimum Gasteiger partial charge on any atom is -0.295 e. The van der Waals surface area contributed by atoms with Crippen molar-refractivity contribution in [2.24, 2.45) is 5.92 Å². The summed E-state index contributed by atoms with van der Waals surface area (Å²) in [5, 5.41) is 0. The molecule has 0 spiro atoms. The van der Waals surface area contributed by atoms with Crippen molar-refractivity contribution >= 4 is 11.4 Å². The maximum atomic E-state index is 11.5. The molecule has 82 valence electrons. The summed E-state index contributed by atoms with van der Waals surface area (Å²) in [6.07, 6.45) is 6.33.